The Hall–Kier alpha value is -0.550. The fraction of sp³-hybridized carbons (Fsp3) is 0.875. The molecule has 0 saturated carbocycles. The van der Waals surface area contributed by atoms with Crippen molar-refractivity contribution in [2.24, 2.45) is 11.6 Å². The number of piperidine rings is 1. The normalized spacial score (nSPS) is 32.3. The lowest BCUT2D eigenvalue weighted by molar-refractivity contribution is -0.137. The molecule has 2 unspecified atom stereocenters. The second-order valence-electron chi connectivity index (χ2n) is 3.77. The molecule has 15 heavy (non-hydrogen) atoms. The van der Waals surface area contributed by atoms with Crippen LogP contribution < -0.4 is 16.9 Å². The van der Waals surface area contributed by atoms with Gasteiger partial charge in [-0.2, -0.15) is 0 Å². The Balaban J connectivity index is 2.78. The average molecular weight is 233 g/mol. The van der Waals surface area contributed by atoms with Crippen LogP contribution in [0, 0.1) is 0 Å². The van der Waals surface area contributed by atoms with Gasteiger partial charge < -0.3 is 5.32 Å². The number of nitrogens with two attached hydrogens (primary N) is 2. The minimum Gasteiger partial charge on any atom is -0.308 e. The van der Waals surface area contributed by atoms with Gasteiger partial charge in [0.15, 0.2) is 0 Å². The van der Waals surface area contributed by atoms with Crippen molar-refractivity contribution < 1.29 is 9.36 Å². The zero-order chi connectivity index (χ0) is 11.5. The van der Waals surface area contributed by atoms with Gasteiger partial charge in [0.05, 0.1) is 6.04 Å². The first-order chi connectivity index (χ1) is 7.06. The van der Waals surface area contributed by atoms with E-state index in [0.29, 0.717) is 13.0 Å². The molecule has 0 aromatic rings. The van der Waals surface area contributed by atoms with Crippen molar-refractivity contribution >= 4 is 14.4 Å². The molecule has 1 aliphatic heterocycles. The van der Waals surface area contributed by atoms with Crippen molar-refractivity contribution in [1.82, 2.24) is 10.3 Å². The first-order valence-corrected chi connectivity index (χ1v) is 5.95. The molecule has 1 heterocycles. The molecule has 5 N–H and O–H groups in total. The minimum absolute atomic E-state index is 0.249. The van der Waals surface area contributed by atoms with Gasteiger partial charge in [0.1, 0.15) is 0 Å². The number of carbonyl (C=O) groups excluding carboxylic acids is 1. The molecule has 0 aliphatic carbocycles. The maximum absolute atomic E-state index is 11.7. The number of hydrogen-bond acceptors (Lipinski definition) is 5. The lowest BCUT2D eigenvalue weighted by Gasteiger charge is -2.35. The van der Waals surface area contributed by atoms with E-state index in [9.17, 15) is 9.36 Å². The summed E-state index contributed by atoms with van der Waals surface area (Å²) in [6.07, 6.45) is 1.57. The molecule has 1 saturated heterocycles. The summed E-state index contributed by atoms with van der Waals surface area (Å²) < 4.78 is 11.1. The van der Waals surface area contributed by atoms with Crippen molar-refractivity contribution in [3.05, 3.63) is 0 Å². The van der Waals surface area contributed by atoms with Crippen LogP contribution in [0.1, 0.15) is 19.8 Å². The van der Waals surface area contributed by atoms with Crippen LogP contribution in [0.25, 0.3) is 0 Å². The van der Waals surface area contributed by atoms with E-state index in [1.54, 1.807) is 0 Å². The molecule has 3 atom stereocenters. The first-order valence-electron chi connectivity index (χ1n) is 5.04. The Kier molecular flexibility index (Phi) is 4.16. The first kappa shape index (κ1) is 12.5. The van der Waals surface area contributed by atoms with E-state index in [2.05, 4.69) is 5.32 Å². The molecular weight excluding hydrogens is 215 g/mol. The molecule has 86 valence electrons. The van der Waals surface area contributed by atoms with Gasteiger partial charge >= 0.3 is 19.6 Å². The van der Waals surface area contributed by atoms with Gasteiger partial charge in [0.2, 0.25) is 0 Å². The summed E-state index contributed by atoms with van der Waals surface area (Å²) in [5, 5.41) is 2.83. The van der Waals surface area contributed by atoms with Gasteiger partial charge in [-0.15, -0.1) is 0 Å². The van der Waals surface area contributed by atoms with Crippen LogP contribution in [0.2, 0.25) is 0 Å². The number of hydrogen-bond donors (Lipinski definition) is 3. The summed E-state index contributed by atoms with van der Waals surface area (Å²) in [4.78, 5) is 11.7. The van der Waals surface area contributed by atoms with Gasteiger partial charge in [0, 0.05) is 6.54 Å². The standard InChI is InChI=1S/C8H17N4O2P/c1-2-4-11-6-3-5-12(10)7(13)8(6,9)15-14/h6,11H,2-5,9-10H2,1H3/p+1/t6?,8-/m0/s1. The van der Waals surface area contributed by atoms with E-state index in [1.165, 1.54) is 0 Å². The summed E-state index contributed by atoms with van der Waals surface area (Å²) in [5.74, 6) is 5.01. The van der Waals surface area contributed by atoms with Crippen molar-refractivity contribution in [2.45, 2.75) is 31.1 Å². The van der Waals surface area contributed by atoms with Crippen LogP contribution in [0.3, 0.4) is 0 Å². The van der Waals surface area contributed by atoms with Crippen LogP contribution in [0.4, 0.5) is 0 Å². The molecule has 1 amide bonds. The summed E-state index contributed by atoms with van der Waals surface area (Å²) >= 11 is 0. The van der Waals surface area contributed by atoms with Crippen molar-refractivity contribution in [1.29, 1.82) is 0 Å². The molecule has 1 rings (SSSR count). The Labute approximate surface area is 90.5 Å². The Morgan fingerprint density at radius 1 is 1.73 bits per heavy atom. The van der Waals surface area contributed by atoms with Crippen LogP contribution in [-0.4, -0.2) is 35.3 Å². The number of nitrogens with one attached hydrogen (secondary N) is 1. The highest BCUT2D eigenvalue weighted by Gasteiger charge is 2.54. The SMILES string of the molecule is CCCNC1CCN(N)C(=O)[C@@]1(N)[PH+]=O. The number of hydrazine groups is 1. The van der Waals surface area contributed by atoms with Crippen molar-refractivity contribution in [3.63, 3.8) is 0 Å². The maximum Gasteiger partial charge on any atom is 0.358 e. The zero-order valence-electron chi connectivity index (χ0n) is 8.82. The van der Waals surface area contributed by atoms with Gasteiger partial charge in [-0.25, -0.2) is 5.84 Å². The predicted octanol–water partition coefficient (Wildman–Crippen LogP) is -0.860. The zero-order valence-corrected chi connectivity index (χ0v) is 9.82. The third-order valence-electron chi connectivity index (χ3n) is 2.63. The fourth-order valence-electron chi connectivity index (χ4n) is 1.68. The summed E-state index contributed by atoms with van der Waals surface area (Å²) in [6, 6.07) is -0.249. The van der Waals surface area contributed by atoms with Crippen molar-refractivity contribution in [3.8, 4) is 0 Å². The van der Waals surface area contributed by atoms with Crippen LogP contribution >= 0.6 is 8.46 Å². The van der Waals surface area contributed by atoms with Gasteiger partial charge in [0.25, 0.3) is 0 Å². The summed E-state index contributed by atoms with van der Waals surface area (Å²) in [7, 11) is -0.888. The molecule has 0 bridgehead atoms. The molecule has 6 nitrogen and oxygen atoms in total. The molecule has 0 aromatic carbocycles. The number of nitrogens with zero attached hydrogens (tertiary/aromatic N) is 1. The molecule has 1 fully saturated rings. The van der Waals surface area contributed by atoms with E-state index < -0.39 is 19.6 Å². The third-order valence-corrected chi connectivity index (χ3v) is 3.53. The van der Waals surface area contributed by atoms with E-state index in [1.807, 2.05) is 6.92 Å². The minimum atomic E-state index is -1.36. The molecule has 7 heteroatoms. The molecule has 0 radical (unpaired) electrons. The van der Waals surface area contributed by atoms with E-state index >= 15 is 0 Å². The third kappa shape index (κ3) is 2.34. The molecule has 1 aliphatic rings. The Bertz CT molecular complexity index is 261. The quantitative estimate of drug-likeness (QED) is 0.333. The monoisotopic (exact) mass is 233 g/mol. The molecule has 0 aromatic heterocycles. The molecular formula is C8H18N4O2P+. The van der Waals surface area contributed by atoms with Crippen LogP contribution in [0.5, 0.6) is 0 Å². The van der Waals surface area contributed by atoms with E-state index in [0.717, 1.165) is 18.0 Å². The average Bonchev–Trinajstić information content (AvgIpc) is 2.25. The highest BCUT2D eigenvalue weighted by molar-refractivity contribution is 7.27. The summed E-state index contributed by atoms with van der Waals surface area (Å²) in [6.45, 7) is 3.22. The smallest absolute Gasteiger partial charge is 0.308 e. The highest BCUT2D eigenvalue weighted by atomic mass is 31.1. The van der Waals surface area contributed by atoms with E-state index in [4.69, 9.17) is 11.6 Å². The number of rotatable bonds is 4. The van der Waals surface area contributed by atoms with Crippen LogP contribution in [-0.2, 0) is 9.36 Å². The lowest BCUT2D eigenvalue weighted by Crippen LogP contribution is -2.68. The highest BCUT2D eigenvalue weighted by Crippen LogP contribution is 2.28. The van der Waals surface area contributed by atoms with Gasteiger partial charge in [-0.05, 0) is 19.4 Å². The topological polar surface area (TPSA) is 101 Å². The van der Waals surface area contributed by atoms with E-state index in [-0.39, 0.29) is 6.04 Å². The lowest BCUT2D eigenvalue weighted by atomic mass is 9.99. The second kappa shape index (κ2) is 4.99. The Morgan fingerprint density at radius 3 is 2.93 bits per heavy atom. The number of carbonyl (C=O) groups is 1. The Morgan fingerprint density at radius 2 is 2.40 bits per heavy atom. The molecule has 0 spiro atoms. The van der Waals surface area contributed by atoms with Gasteiger partial charge in [-0.1, -0.05) is 11.5 Å². The predicted molar refractivity (Wildman–Crippen MR) is 58.5 cm³/mol. The maximum atomic E-state index is 11.7. The largest absolute Gasteiger partial charge is 0.358 e. The van der Waals surface area contributed by atoms with Gasteiger partial charge in [-0.3, -0.25) is 15.5 Å². The second-order valence-corrected chi connectivity index (χ2v) is 4.80. The van der Waals surface area contributed by atoms with Crippen molar-refractivity contribution in [2.75, 3.05) is 13.1 Å². The fourth-order valence-corrected chi connectivity index (χ4v) is 2.30. The van der Waals surface area contributed by atoms with Crippen LogP contribution in [0.15, 0.2) is 0 Å². The number of amides is 1. The summed E-state index contributed by atoms with van der Waals surface area (Å²) in [5.41, 5.74) is 5.84.